The van der Waals surface area contributed by atoms with Crippen LogP contribution < -0.4 is 0 Å². The van der Waals surface area contributed by atoms with Crippen molar-refractivity contribution >= 4 is 0 Å². The minimum Gasteiger partial charge on any atom is -0.504 e. The molecule has 52 heavy (non-hydrogen) atoms. The maximum Gasteiger partial charge on any atom is 0.200 e. The number of phenols is 12. The van der Waals surface area contributed by atoms with Gasteiger partial charge in [-0.05, 0) is 107 Å². The lowest BCUT2D eigenvalue weighted by molar-refractivity contribution is 0.364. The van der Waals surface area contributed by atoms with Gasteiger partial charge in [0.25, 0.3) is 0 Å². The second kappa shape index (κ2) is 12.4. The van der Waals surface area contributed by atoms with E-state index in [4.69, 9.17) is 0 Å². The molecule has 12 heteroatoms. The second-order valence-electron chi connectivity index (χ2n) is 12.9. The van der Waals surface area contributed by atoms with Crippen LogP contribution in [0.25, 0.3) is 11.1 Å². The molecule has 0 atom stereocenters. The Kier molecular flexibility index (Phi) is 8.26. The molecule has 12 nitrogen and oxygen atoms in total. The first-order valence-electron chi connectivity index (χ1n) is 15.7. The smallest absolute Gasteiger partial charge is 0.200 e. The highest BCUT2D eigenvalue weighted by Crippen LogP contribution is 2.50. The number of aromatic hydroxyl groups is 12. The zero-order valence-electron chi connectivity index (χ0n) is 27.6. The van der Waals surface area contributed by atoms with Crippen LogP contribution in [0.15, 0.2) is 97.1 Å². The fourth-order valence-corrected chi connectivity index (χ4v) is 6.56. The van der Waals surface area contributed by atoms with Crippen molar-refractivity contribution in [1.82, 2.24) is 0 Å². The van der Waals surface area contributed by atoms with E-state index in [2.05, 4.69) is 0 Å². The van der Waals surface area contributed by atoms with Gasteiger partial charge in [0.15, 0.2) is 69.0 Å². The average molecular weight is 707 g/mol. The van der Waals surface area contributed by atoms with Crippen molar-refractivity contribution in [2.24, 2.45) is 0 Å². The quantitative estimate of drug-likeness (QED) is 0.0626. The standard InChI is InChI=1S/C40H34O12/c1-39(23-11-27(41)35(49)28(42)12-23,24-13-29(43)36(50)30(44)14-24)21-7-3-19(4-8-21)20-5-9-22(10-6-20)40(2,25-15-31(45)37(51)32(46)16-25)26-17-33(47)38(52)34(48)18-26/h3-18,41-52H,1-2H3. The molecular formula is C40H34O12. The van der Waals surface area contributed by atoms with Crippen molar-refractivity contribution in [3.63, 3.8) is 0 Å². The average Bonchev–Trinajstić information content (AvgIpc) is 3.12. The van der Waals surface area contributed by atoms with Crippen LogP contribution in [0.1, 0.15) is 47.2 Å². The van der Waals surface area contributed by atoms with E-state index in [1.54, 1.807) is 62.4 Å². The number of benzene rings is 6. The molecule has 6 rings (SSSR count). The molecule has 12 N–H and O–H groups in total. The third kappa shape index (κ3) is 5.52. The van der Waals surface area contributed by atoms with E-state index in [1.165, 1.54) is 48.5 Å². The molecule has 0 amide bonds. The van der Waals surface area contributed by atoms with Crippen LogP contribution in [0.3, 0.4) is 0 Å². The van der Waals surface area contributed by atoms with Gasteiger partial charge in [0.1, 0.15) is 0 Å². The Bertz CT molecular complexity index is 1970. The van der Waals surface area contributed by atoms with Crippen molar-refractivity contribution in [2.75, 3.05) is 0 Å². The van der Waals surface area contributed by atoms with E-state index in [9.17, 15) is 61.3 Å². The molecule has 0 heterocycles. The zero-order chi connectivity index (χ0) is 37.9. The first-order valence-corrected chi connectivity index (χ1v) is 15.7. The summed E-state index contributed by atoms with van der Waals surface area (Å²) in [4.78, 5) is 0. The molecule has 0 aliphatic rings. The highest BCUT2D eigenvalue weighted by Gasteiger charge is 2.36. The van der Waals surface area contributed by atoms with Gasteiger partial charge in [-0.2, -0.15) is 0 Å². The van der Waals surface area contributed by atoms with Crippen LogP contribution >= 0.6 is 0 Å². The lowest BCUT2D eigenvalue weighted by Gasteiger charge is -2.33. The van der Waals surface area contributed by atoms with Crippen LogP contribution in [-0.4, -0.2) is 61.3 Å². The van der Waals surface area contributed by atoms with E-state index < -0.39 is 79.8 Å². The summed E-state index contributed by atoms with van der Waals surface area (Å²) in [6.45, 7) is 3.40. The predicted octanol–water partition coefficient (Wildman–Crippen LogP) is 6.53. The SMILES string of the molecule is CC(c1ccc(-c2ccc(C(C)(c3cc(O)c(O)c(O)c3)c3cc(O)c(O)c(O)c3)cc2)cc1)(c1cc(O)c(O)c(O)c1)c1cc(O)c(O)c(O)c1. The third-order valence-corrected chi connectivity index (χ3v) is 9.85. The van der Waals surface area contributed by atoms with Gasteiger partial charge in [-0.1, -0.05) is 48.5 Å². The minimum absolute atomic E-state index is 0.277. The lowest BCUT2D eigenvalue weighted by Crippen LogP contribution is -2.25. The summed E-state index contributed by atoms with van der Waals surface area (Å²) in [7, 11) is 0. The van der Waals surface area contributed by atoms with Gasteiger partial charge in [-0.3, -0.25) is 0 Å². The third-order valence-electron chi connectivity index (χ3n) is 9.85. The minimum atomic E-state index is -1.28. The molecule has 0 aliphatic heterocycles. The van der Waals surface area contributed by atoms with Crippen LogP contribution in [-0.2, 0) is 10.8 Å². The van der Waals surface area contributed by atoms with Crippen molar-refractivity contribution in [3.05, 3.63) is 130 Å². The zero-order valence-corrected chi connectivity index (χ0v) is 27.6. The first-order chi connectivity index (χ1) is 24.5. The van der Waals surface area contributed by atoms with E-state index in [0.717, 1.165) is 11.1 Å². The van der Waals surface area contributed by atoms with Crippen LogP contribution in [0.5, 0.6) is 69.0 Å². The van der Waals surface area contributed by atoms with Gasteiger partial charge in [0.05, 0.1) is 0 Å². The summed E-state index contributed by atoms with van der Waals surface area (Å²) in [6, 6.07) is 24.0. The summed E-state index contributed by atoms with van der Waals surface area (Å²) >= 11 is 0. The molecule has 0 saturated heterocycles. The van der Waals surface area contributed by atoms with E-state index in [0.29, 0.717) is 11.1 Å². The Balaban J connectivity index is 1.45. The Morgan fingerprint density at radius 3 is 0.615 bits per heavy atom. The maximum absolute atomic E-state index is 10.4. The molecule has 0 aliphatic carbocycles. The molecule has 0 saturated carbocycles. The molecule has 0 spiro atoms. The number of rotatable bonds is 7. The summed E-state index contributed by atoms with van der Waals surface area (Å²) in [6.07, 6.45) is 0. The van der Waals surface area contributed by atoms with Gasteiger partial charge in [0, 0.05) is 10.8 Å². The molecule has 0 unspecified atom stereocenters. The monoisotopic (exact) mass is 706 g/mol. The Morgan fingerprint density at radius 2 is 0.442 bits per heavy atom. The highest BCUT2D eigenvalue weighted by molar-refractivity contribution is 5.69. The predicted molar refractivity (Wildman–Crippen MR) is 189 cm³/mol. The fraction of sp³-hybridized carbons (Fsp3) is 0.100. The largest absolute Gasteiger partial charge is 0.504 e. The fourth-order valence-electron chi connectivity index (χ4n) is 6.56. The van der Waals surface area contributed by atoms with Crippen molar-refractivity contribution < 1.29 is 61.3 Å². The molecule has 266 valence electrons. The van der Waals surface area contributed by atoms with E-state index in [1.807, 2.05) is 0 Å². The van der Waals surface area contributed by atoms with Gasteiger partial charge < -0.3 is 61.3 Å². The second-order valence-corrected chi connectivity index (χ2v) is 12.9. The van der Waals surface area contributed by atoms with Crippen molar-refractivity contribution in [1.29, 1.82) is 0 Å². The molecule has 6 aromatic rings. The molecule has 0 bridgehead atoms. The molecule has 0 radical (unpaired) electrons. The van der Waals surface area contributed by atoms with Crippen molar-refractivity contribution in [2.45, 2.75) is 24.7 Å². The van der Waals surface area contributed by atoms with Crippen LogP contribution in [0.4, 0.5) is 0 Å². The maximum atomic E-state index is 10.4. The van der Waals surface area contributed by atoms with Gasteiger partial charge in [-0.25, -0.2) is 0 Å². The van der Waals surface area contributed by atoms with E-state index >= 15 is 0 Å². The van der Waals surface area contributed by atoms with Gasteiger partial charge in [-0.15, -0.1) is 0 Å². The normalized spacial score (nSPS) is 11.8. The summed E-state index contributed by atoms with van der Waals surface area (Å²) < 4.78 is 0. The molecular weight excluding hydrogens is 672 g/mol. The Labute approximate surface area is 296 Å². The van der Waals surface area contributed by atoms with E-state index in [-0.39, 0.29) is 22.3 Å². The van der Waals surface area contributed by atoms with Gasteiger partial charge >= 0.3 is 0 Å². The molecule has 0 fully saturated rings. The first kappa shape index (κ1) is 34.8. The van der Waals surface area contributed by atoms with Crippen LogP contribution in [0, 0.1) is 0 Å². The summed E-state index contributed by atoms with van der Waals surface area (Å²) in [5.74, 6) is -7.74. The molecule has 6 aromatic carbocycles. The Morgan fingerprint density at radius 1 is 0.269 bits per heavy atom. The number of hydrogen-bond donors (Lipinski definition) is 12. The van der Waals surface area contributed by atoms with Crippen molar-refractivity contribution in [3.8, 4) is 80.1 Å². The number of phenolic OH excluding ortho intramolecular Hbond substituents is 12. The van der Waals surface area contributed by atoms with Gasteiger partial charge in [0.2, 0.25) is 0 Å². The summed E-state index contributed by atoms with van der Waals surface area (Å²) in [5.41, 5.74) is 1.13. The van der Waals surface area contributed by atoms with Crippen LogP contribution in [0.2, 0.25) is 0 Å². The highest BCUT2D eigenvalue weighted by atomic mass is 16.3. The topological polar surface area (TPSA) is 243 Å². The lowest BCUT2D eigenvalue weighted by atomic mass is 9.70. The molecule has 0 aromatic heterocycles. The Hall–Kier alpha value is -7.08. The summed E-state index contributed by atoms with van der Waals surface area (Å²) in [5, 5.41) is 123. The number of hydrogen-bond acceptors (Lipinski definition) is 12.